The molecule has 8 heteroatoms. The lowest BCUT2D eigenvalue weighted by atomic mass is 9.88. The van der Waals surface area contributed by atoms with E-state index < -0.39 is 5.60 Å². The van der Waals surface area contributed by atoms with Gasteiger partial charge in [-0.05, 0) is 37.7 Å². The number of carbonyl (C=O) groups excluding carboxylic acids is 1. The highest BCUT2D eigenvalue weighted by Gasteiger charge is 2.62. The number of hydrogen-bond donors (Lipinski definition) is 2. The third-order valence-electron chi connectivity index (χ3n) is 5.62. The first-order chi connectivity index (χ1) is 12.4. The first-order valence-corrected chi connectivity index (χ1v) is 8.91. The molecular weight excluding hydrogens is 356 g/mol. The number of aromatic nitrogens is 3. The molecule has 3 heterocycles. The fraction of sp³-hybridized carbons (Fsp3) is 0.389. The molecule has 1 amide bonds. The van der Waals surface area contributed by atoms with Crippen molar-refractivity contribution in [2.24, 2.45) is 11.8 Å². The number of nitrogens with zero attached hydrogens (tertiary/aromatic N) is 3. The lowest BCUT2D eigenvalue weighted by molar-refractivity contribution is 0.0289. The van der Waals surface area contributed by atoms with Crippen molar-refractivity contribution in [1.82, 2.24) is 19.9 Å². The molecule has 7 nitrogen and oxygen atoms in total. The predicted octanol–water partition coefficient (Wildman–Crippen LogP) is 2.31. The number of rotatable bonds is 3. The average Bonchev–Trinajstić information content (AvgIpc) is 3.06. The molecule has 0 bridgehead atoms. The minimum Gasteiger partial charge on any atom is -0.385 e. The number of halogens is 1. The van der Waals surface area contributed by atoms with Crippen LogP contribution in [0.5, 0.6) is 0 Å². The van der Waals surface area contributed by atoms with Crippen molar-refractivity contribution in [3.05, 3.63) is 52.9 Å². The smallest absolute Gasteiger partial charge is 0.273 e. The third kappa shape index (κ3) is 2.34. The molecule has 0 saturated heterocycles. The van der Waals surface area contributed by atoms with Gasteiger partial charge in [-0.25, -0.2) is 4.98 Å². The van der Waals surface area contributed by atoms with Crippen LogP contribution in [0, 0.1) is 18.8 Å². The van der Waals surface area contributed by atoms with Gasteiger partial charge in [0, 0.05) is 23.9 Å². The number of fused-ring (bicyclic) bond motifs is 2. The number of aliphatic hydroxyl groups is 1. The molecule has 0 aliphatic heterocycles. The van der Waals surface area contributed by atoms with Crippen LogP contribution in [-0.4, -0.2) is 31.6 Å². The van der Waals surface area contributed by atoms with Crippen LogP contribution in [0.2, 0.25) is 5.02 Å². The normalized spacial score (nSPS) is 29.7. The van der Waals surface area contributed by atoms with Gasteiger partial charge in [0.05, 0.1) is 28.7 Å². The Hall–Kier alpha value is -2.38. The van der Waals surface area contributed by atoms with E-state index in [1.165, 1.54) is 0 Å². The first kappa shape index (κ1) is 15.8. The van der Waals surface area contributed by atoms with Gasteiger partial charge < -0.3 is 19.3 Å². The minimum atomic E-state index is -0.951. The summed E-state index contributed by atoms with van der Waals surface area (Å²) in [5.41, 5.74) is 0.995. The highest BCUT2D eigenvalue weighted by molar-refractivity contribution is 6.30. The van der Waals surface area contributed by atoms with E-state index >= 15 is 0 Å². The van der Waals surface area contributed by atoms with Gasteiger partial charge in [-0.3, -0.25) is 4.79 Å². The maximum absolute atomic E-state index is 12.2. The van der Waals surface area contributed by atoms with Crippen LogP contribution in [0.15, 0.2) is 35.4 Å². The zero-order valence-corrected chi connectivity index (χ0v) is 14.8. The quantitative estimate of drug-likeness (QED) is 0.736. The molecular formula is C18H17ClN4O3. The summed E-state index contributed by atoms with van der Waals surface area (Å²) in [4.78, 5) is 16.4. The molecule has 0 spiro atoms. The molecule has 2 aliphatic rings. The fourth-order valence-corrected chi connectivity index (χ4v) is 4.58. The van der Waals surface area contributed by atoms with Crippen LogP contribution in [0.1, 0.15) is 34.7 Å². The van der Waals surface area contributed by atoms with E-state index in [-0.39, 0.29) is 23.8 Å². The number of pyridine rings is 1. The number of aryl methyl sites for hydroxylation is 1. The lowest BCUT2D eigenvalue weighted by Gasteiger charge is -2.27. The van der Waals surface area contributed by atoms with E-state index in [4.69, 9.17) is 16.1 Å². The summed E-state index contributed by atoms with van der Waals surface area (Å²) in [5.74, 6) is 0.870. The van der Waals surface area contributed by atoms with Crippen molar-refractivity contribution in [1.29, 1.82) is 0 Å². The molecule has 2 unspecified atom stereocenters. The van der Waals surface area contributed by atoms with Crippen LogP contribution in [-0.2, 0) is 5.60 Å². The summed E-state index contributed by atoms with van der Waals surface area (Å²) in [6, 6.07) is 3.50. The first-order valence-electron chi connectivity index (χ1n) is 8.53. The van der Waals surface area contributed by atoms with E-state index in [1.807, 2.05) is 10.5 Å². The Morgan fingerprint density at radius 2 is 2.19 bits per heavy atom. The number of amides is 1. The lowest BCUT2D eigenvalue weighted by Crippen LogP contribution is -2.33. The minimum absolute atomic E-state index is 0.0693. The monoisotopic (exact) mass is 372 g/mol. The van der Waals surface area contributed by atoms with Crippen LogP contribution in [0.3, 0.4) is 0 Å². The SMILES string of the molecule is Cc1cc(C(=O)NC2C3CC(O)(c4cc(Cl)cn5cncc45)CC32)no1. The number of hydrogen-bond acceptors (Lipinski definition) is 5. The summed E-state index contributed by atoms with van der Waals surface area (Å²) in [5, 5.41) is 18.5. The molecule has 2 saturated carbocycles. The van der Waals surface area contributed by atoms with E-state index in [0.29, 0.717) is 29.3 Å². The molecule has 26 heavy (non-hydrogen) atoms. The van der Waals surface area contributed by atoms with Crippen molar-refractivity contribution < 1.29 is 14.4 Å². The molecule has 134 valence electrons. The maximum Gasteiger partial charge on any atom is 0.273 e. The Morgan fingerprint density at radius 1 is 1.42 bits per heavy atom. The van der Waals surface area contributed by atoms with Gasteiger partial charge >= 0.3 is 0 Å². The molecule has 3 aromatic heterocycles. The molecule has 2 atom stereocenters. The van der Waals surface area contributed by atoms with E-state index in [0.717, 1.165) is 11.1 Å². The summed E-state index contributed by atoms with van der Waals surface area (Å²) in [6.07, 6.45) is 6.35. The predicted molar refractivity (Wildman–Crippen MR) is 92.8 cm³/mol. The second-order valence-corrected chi connectivity index (χ2v) is 7.78. The van der Waals surface area contributed by atoms with Crippen LogP contribution < -0.4 is 5.32 Å². The topological polar surface area (TPSA) is 92.7 Å². The Bertz CT molecular complexity index is 1010. The molecule has 2 N–H and O–H groups in total. The summed E-state index contributed by atoms with van der Waals surface area (Å²) in [6.45, 7) is 1.75. The Balaban J connectivity index is 1.33. The van der Waals surface area contributed by atoms with Gasteiger partial charge in [-0.1, -0.05) is 16.8 Å². The zero-order valence-electron chi connectivity index (χ0n) is 14.0. The Kier molecular flexibility index (Phi) is 3.24. The van der Waals surface area contributed by atoms with Gasteiger partial charge in [0.25, 0.3) is 5.91 Å². The molecule has 0 radical (unpaired) electrons. The van der Waals surface area contributed by atoms with E-state index in [1.54, 1.807) is 31.7 Å². The van der Waals surface area contributed by atoms with Crippen LogP contribution in [0.4, 0.5) is 0 Å². The van der Waals surface area contributed by atoms with Gasteiger partial charge in [0.15, 0.2) is 5.69 Å². The van der Waals surface area contributed by atoms with Gasteiger partial charge in [-0.2, -0.15) is 0 Å². The molecule has 2 aliphatic carbocycles. The van der Waals surface area contributed by atoms with Gasteiger partial charge in [0.2, 0.25) is 0 Å². The zero-order chi connectivity index (χ0) is 18.1. The largest absolute Gasteiger partial charge is 0.385 e. The summed E-state index contributed by atoms with van der Waals surface area (Å²) >= 11 is 6.20. The fourth-order valence-electron chi connectivity index (χ4n) is 4.37. The molecule has 5 rings (SSSR count). The van der Waals surface area contributed by atoms with Gasteiger partial charge in [0.1, 0.15) is 5.76 Å². The van der Waals surface area contributed by atoms with Crippen molar-refractivity contribution in [2.45, 2.75) is 31.4 Å². The standard InChI is InChI=1S/C18H17ClN4O3/c1-9-2-14(22-26-9)17(24)21-16-11-4-18(25,5-12(11)16)13-3-10(19)7-23-8-20-6-15(13)23/h2-3,6-8,11-12,16,25H,4-5H2,1H3,(H,21,24). The van der Waals surface area contributed by atoms with Gasteiger partial charge in [-0.15, -0.1) is 0 Å². The molecule has 3 aromatic rings. The molecule has 0 aromatic carbocycles. The number of imidazole rings is 1. The maximum atomic E-state index is 12.2. The van der Waals surface area contributed by atoms with Crippen molar-refractivity contribution in [2.75, 3.05) is 0 Å². The second kappa shape index (κ2) is 5.31. The highest BCUT2D eigenvalue weighted by atomic mass is 35.5. The highest BCUT2D eigenvalue weighted by Crippen LogP contribution is 2.60. The number of carbonyl (C=O) groups is 1. The van der Waals surface area contributed by atoms with Crippen LogP contribution >= 0.6 is 11.6 Å². The summed E-state index contributed by atoms with van der Waals surface area (Å²) in [7, 11) is 0. The third-order valence-corrected chi connectivity index (χ3v) is 5.83. The van der Waals surface area contributed by atoms with E-state index in [9.17, 15) is 9.90 Å². The second-order valence-electron chi connectivity index (χ2n) is 7.35. The van der Waals surface area contributed by atoms with Crippen molar-refractivity contribution >= 4 is 23.0 Å². The summed E-state index contributed by atoms with van der Waals surface area (Å²) < 4.78 is 6.77. The van der Waals surface area contributed by atoms with Crippen molar-refractivity contribution in [3.8, 4) is 0 Å². The molecule has 2 fully saturated rings. The average molecular weight is 373 g/mol. The van der Waals surface area contributed by atoms with Crippen molar-refractivity contribution in [3.63, 3.8) is 0 Å². The Morgan fingerprint density at radius 3 is 2.88 bits per heavy atom. The number of nitrogens with one attached hydrogen (secondary N) is 1. The van der Waals surface area contributed by atoms with E-state index in [2.05, 4.69) is 15.5 Å². The Labute approximate surface area is 154 Å². The van der Waals surface area contributed by atoms with Crippen LogP contribution in [0.25, 0.3) is 5.52 Å².